The van der Waals surface area contributed by atoms with Gasteiger partial charge in [-0.1, -0.05) is 0 Å². The van der Waals surface area contributed by atoms with E-state index in [2.05, 4.69) is 10.7 Å². The van der Waals surface area contributed by atoms with Gasteiger partial charge >= 0.3 is 0 Å². The van der Waals surface area contributed by atoms with Gasteiger partial charge in [0, 0.05) is 24.4 Å². The zero-order chi connectivity index (χ0) is 12.8. The summed E-state index contributed by atoms with van der Waals surface area (Å²) in [6, 6.07) is 4.43. The number of nitrogens with one attached hydrogen (secondary N) is 2. The van der Waals surface area contributed by atoms with Crippen molar-refractivity contribution >= 4 is 17.1 Å². The topological polar surface area (TPSA) is 113 Å². The molecule has 0 fully saturated rings. The standard InChI is InChI=1S/C10H16N4O3/c1-7(15)2-3-12-8-4-9(13-11)6-10(5-8)14(16)17/h4-7,12-13,15H,2-3,11H2,1H3. The van der Waals surface area contributed by atoms with E-state index in [-0.39, 0.29) is 5.69 Å². The summed E-state index contributed by atoms with van der Waals surface area (Å²) in [5.41, 5.74) is 3.37. The Kier molecular flexibility index (Phi) is 4.68. The molecule has 0 heterocycles. The average Bonchev–Trinajstić information content (AvgIpc) is 2.28. The van der Waals surface area contributed by atoms with Crippen LogP contribution in [0.4, 0.5) is 17.1 Å². The fraction of sp³-hybridized carbons (Fsp3) is 0.400. The number of aliphatic hydroxyl groups excluding tert-OH is 1. The van der Waals surface area contributed by atoms with Crippen molar-refractivity contribution < 1.29 is 10.0 Å². The summed E-state index contributed by atoms with van der Waals surface area (Å²) in [6.07, 6.45) is 0.155. The van der Waals surface area contributed by atoms with Crippen LogP contribution in [0.1, 0.15) is 13.3 Å². The summed E-state index contributed by atoms with van der Waals surface area (Å²) >= 11 is 0. The maximum absolute atomic E-state index is 10.7. The van der Waals surface area contributed by atoms with E-state index in [4.69, 9.17) is 10.9 Å². The van der Waals surface area contributed by atoms with Gasteiger partial charge < -0.3 is 15.8 Å². The van der Waals surface area contributed by atoms with Gasteiger partial charge in [0.1, 0.15) is 0 Å². The summed E-state index contributed by atoms with van der Waals surface area (Å²) in [7, 11) is 0. The summed E-state index contributed by atoms with van der Waals surface area (Å²) in [5.74, 6) is 5.22. The highest BCUT2D eigenvalue weighted by Gasteiger charge is 2.09. The van der Waals surface area contributed by atoms with Gasteiger partial charge in [-0.3, -0.25) is 16.0 Å². The highest BCUT2D eigenvalue weighted by molar-refractivity contribution is 5.63. The lowest BCUT2D eigenvalue weighted by atomic mass is 10.2. The molecule has 0 radical (unpaired) electrons. The van der Waals surface area contributed by atoms with Crippen LogP contribution in [0.2, 0.25) is 0 Å². The van der Waals surface area contributed by atoms with E-state index in [0.717, 1.165) is 0 Å². The van der Waals surface area contributed by atoms with Crippen molar-refractivity contribution in [3.05, 3.63) is 28.3 Å². The van der Waals surface area contributed by atoms with Crippen LogP contribution in [-0.4, -0.2) is 22.7 Å². The van der Waals surface area contributed by atoms with Gasteiger partial charge in [-0.15, -0.1) is 0 Å². The maximum atomic E-state index is 10.7. The van der Waals surface area contributed by atoms with Crippen molar-refractivity contribution in [3.8, 4) is 0 Å². The van der Waals surface area contributed by atoms with Crippen LogP contribution >= 0.6 is 0 Å². The normalized spacial score (nSPS) is 11.9. The van der Waals surface area contributed by atoms with Gasteiger partial charge in [0.15, 0.2) is 0 Å². The largest absolute Gasteiger partial charge is 0.393 e. The predicted octanol–water partition coefficient (Wildman–Crippen LogP) is 1.06. The number of nitrogens with two attached hydrogens (primary N) is 1. The first-order valence-corrected chi connectivity index (χ1v) is 5.21. The van der Waals surface area contributed by atoms with Crippen LogP contribution in [0.25, 0.3) is 0 Å². The fourth-order valence-corrected chi connectivity index (χ4v) is 1.33. The molecule has 7 heteroatoms. The first kappa shape index (κ1) is 13.2. The van der Waals surface area contributed by atoms with E-state index in [1.165, 1.54) is 12.1 Å². The van der Waals surface area contributed by atoms with E-state index in [1.54, 1.807) is 13.0 Å². The van der Waals surface area contributed by atoms with E-state index >= 15 is 0 Å². The van der Waals surface area contributed by atoms with Crippen LogP contribution in [0.3, 0.4) is 0 Å². The smallest absolute Gasteiger partial charge is 0.273 e. The minimum absolute atomic E-state index is 0.0417. The zero-order valence-corrected chi connectivity index (χ0v) is 9.51. The van der Waals surface area contributed by atoms with Crippen molar-refractivity contribution in [1.82, 2.24) is 0 Å². The number of non-ortho nitro benzene ring substituents is 1. The Morgan fingerprint density at radius 2 is 2.12 bits per heavy atom. The van der Waals surface area contributed by atoms with Crippen molar-refractivity contribution in [2.24, 2.45) is 5.84 Å². The molecule has 0 aliphatic heterocycles. The number of hydrazine groups is 1. The Bertz CT molecular complexity index is 395. The molecule has 7 nitrogen and oxygen atoms in total. The highest BCUT2D eigenvalue weighted by Crippen LogP contribution is 2.23. The molecule has 0 amide bonds. The van der Waals surface area contributed by atoms with Crippen LogP contribution in [0.15, 0.2) is 18.2 Å². The van der Waals surface area contributed by atoms with E-state index in [1.807, 2.05) is 0 Å². The van der Waals surface area contributed by atoms with Gasteiger partial charge in [0.2, 0.25) is 0 Å². The Hall–Kier alpha value is -1.86. The van der Waals surface area contributed by atoms with E-state index in [9.17, 15) is 10.1 Å². The number of rotatable bonds is 6. The minimum atomic E-state index is -0.485. The van der Waals surface area contributed by atoms with Crippen LogP contribution in [-0.2, 0) is 0 Å². The molecule has 5 N–H and O–H groups in total. The van der Waals surface area contributed by atoms with Crippen molar-refractivity contribution in [2.45, 2.75) is 19.4 Å². The zero-order valence-electron chi connectivity index (χ0n) is 9.51. The molecule has 94 valence electrons. The van der Waals surface area contributed by atoms with Crippen molar-refractivity contribution in [1.29, 1.82) is 0 Å². The quantitative estimate of drug-likeness (QED) is 0.336. The molecule has 1 aromatic carbocycles. The molecule has 1 unspecified atom stereocenters. The van der Waals surface area contributed by atoms with Crippen molar-refractivity contribution in [3.63, 3.8) is 0 Å². The molecule has 1 atom stereocenters. The fourth-order valence-electron chi connectivity index (χ4n) is 1.33. The Labute approximate surface area is 98.7 Å². The number of anilines is 2. The Balaban J connectivity index is 2.76. The summed E-state index contributed by atoms with van der Waals surface area (Å²) < 4.78 is 0. The number of nitro benzene ring substituents is 1. The van der Waals surface area contributed by atoms with Gasteiger partial charge in [-0.25, -0.2) is 0 Å². The average molecular weight is 240 g/mol. The molecular formula is C10H16N4O3. The molecule has 1 aromatic rings. The lowest BCUT2D eigenvalue weighted by molar-refractivity contribution is -0.384. The molecule has 0 aliphatic rings. The molecule has 0 spiro atoms. The third-order valence-corrected chi connectivity index (χ3v) is 2.19. The molecule has 17 heavy (non-hydrogen) atoms. The van der Waals surface area contributed by atoms with E-state index < -0.39 is 11.0 Å². The second-order valence-corrected chi connectivity index (χ2v) is 3.73. The number of hydrogen-bond donors (Lipinski definition) is 4. The third-order valence-electron chi connectivity index (χ3n) is 2.19. The van der Waals surface area contributed by atoms with E-state index in [0.29, 0.717) is 24.3 Å². The molecular weight excluding hydrogens is 224 g/mol. The Morgan fingerprint density at radius 1 is 1.47 bits per heavy atom. The lowest BCUT2D eigenvalue weighted by Crippen LogP contribution is -2.11. The Morgan fingerprint density at radius 3 is 2.65 bits per heavy atom. The molecule has 0 bridgehead atoms. The lowest BCUT2D eigenvalue weighted by Gasteiger charge is -2.09. The van der Waals surface area contributed by atoms with Crippen molar-refractivity contribution in [2.75, 3.05) is 17.3 Å². The summed E-state index contributed by atoms with van der Waals surface area (Å²) in [4.78, 5) is 10.2. The molecule has 0 saturated carbocycles. The molecule has 0 aliphatic carbocycles. The highest BCUT2D eigenvalue weighted by atomic mass is 16.6. The SMILES string of the molecule is CC(O)CCNc1cc(NN)cc([N+](=O)[O-])c1. The second-order valence-electron chi connectivity index (χ2n) is 3.73. The van der Waals surface area contributed by atoms with Gasteiger partial charge in [-0.2, -0.15) is 0 Å². The second kappa shape index (κ2) is 6.02. The molecule has 0 aromatic heterocycles. The van der Waals surface area contributed by atoms with Gasteiger partial charge in [0.25, 0.3) is 5.69 Å². The maximum Gasteiger partial charge on any atom is 0.273 e. The molecule has 1 rings (SSSR count). The number of aliphatic hydroxyl groups is 1. The molecule has 0 saturated heterocycles. The summed E-state index contributed by atoms with van der Waals surface area (Å²) in [6.45, 7) is 2.21. The number of nitrogen functional groups attached to an aromatic ring is 1. The third kappa shape index (κ3) is 4.25. The monoisotopic (exact) mass is 240 g/mol. The van der Waals surface area contributed by atoms with Gasteiger partial charge in [-0.05, 0) is 19.4 Å². The predicted molar refractivity (Wildman–Crippen MR) is 65.7 cm³/mol. The minimum Gasteiger partial charge on any atom is -0.393 e. The number of nitro groups is 1. The first-order valence-electron chi connectivity index (χ1n) is 5.21. The van der Waals surface area contributed by atoms with Gasteiger partial charge in [0.05, 0.1) is 16.7 Å². The number of hydrogen-bond acceptors (Lipinski definition) is 6. The van der Waals surface area contributed by atoms with Crippen LogP contribution in [0.5, 0.6) is 0 Å². The first-order chi connectivity index (χ1) is 8.02. The number of nitrogens with zero attached hydrogens (tertiary/aromatic N) is 1. The summed E-state index contributed by atoms with van der Waals surface area (Å²) in [5, 5.41) is 22.8. The number of benzene rings is 1. The van der Waals surface area contributed by atoms with Crippen LogP contribution in [0, 0.1) is 10.1 Å². The van der Waals surface area contributed by atoms with Crippen LogP contribution < -0.4 is 16.6 Å².